The van der Waals surface area contributed by atoms with E-state index in [1.165, 1.54) is 6.07 Å². The molecule has 1 amide bonds. The summed E-state index contributed by atoms with van der Waals surface area (Å²) in [5.74, 6) is -0.263. The molecule has 3 N–H and O–H groups in total. The minimum Gasteiger partial charge on any atom is -0.342 e. The van der Waals surface area contributed by atoms with Gasteiger partial charge in [0.2, 0.25) is 0 Å². The number of hydrogen-bond acceptors (Lipinski definition) is 4. The molecule has 0 bridgehead atoms. The van der Waals surface area contributed by atoms with Crippen molar-refractivity contribution in [3.8, 4) is 0 Å². The van der Waals surface area contributed by atoms with Gasteiger partial charge in [-0.2, -0.15) is 0 Å². The number of likely N-dealkylation sites (tertiary alicyclic amines) is 1. The monoisotopic (exact) mass is 421 g/mol. The van der Waals surface area contributed by atoms with Crippen LogP contribution in [0.15, 0.2) is 47.6 Å². The second kappa shape index (κ2) is 8.59. The van der Waals surface area contributed by atoms with Crippen LogP contribution in [0, 0.1) is 16.6 Å². The minimum atomic E-state index is -0.503. The maximum Gasteiger partial charge on any atom is 0.254 e. The molecular formula is C24H28FN5O. The zero-order chi connectivity index (χ0) is 22.1. The van der Waals surface area contributed by atoms with Gasteiger partial charge in [-0.1, -0.05) is 24.3 Å². The Labute approximate surface area is 182 Å². The summed E-state index contributed by atoms with van der Waals surface area (Å²) in [6, 6.07) is 2.69. The van der Waals surface area contributed by atoms with Gasteiger partial charge in [-0.3, -0.25) is 15.6 Å². The highest BCUT2D eigenvalue weighted by Gasteiger charge is 2.29. The van der Waals surface area contributed by atoms with Crippen LogP contribution in [-0.2, 0) is 13.0 Å². The molecule has 2 aliphatic heterocycles. The zero-order valence-electron chi connectivity index (χ0n) is 18.0. The summed E-state index contributed by atoms with van der Waals surface area (Å²) >= 11 is 0. The Morgan fingerprint density at radius 3 is 2.77 bits per heavy atom. The number of rotatable bonds is 3. The Balaban J connectivity index is 1.54. The molecule has 3 aliphatic rings. The second-order valence-corrected chi connectivity index (χ2v) is 8.30. The van der Waals surface area contributed by atoms with Gasteiger partial charge in [0.25, 0.3) is 5.91 Å². The lowest BCUT2D eigenvalue weighted by Crippen LogP contribution is -2.40. The molecule has 6 nitrogen and oxygen atoms in total. The number of carbonyl (C=O) groups excluding carboxylic acids is 1. The topological polar surface area (TPSA) is 83.3 Å². The third kappa shape index (κ3) is 4.10. The fourth-order valence-corrected chi connectivity index (χ4v) is 4.49. The number of amides is 1. The Hall–Kier alpha value is -3.06. The average molecular weight is 422 g/mol. The molecular weight excluding hydrogens is 393 g/mol. The van der Waals surface area contributed by atoms with E-state index < -0.39 is 17.8 Å². The van der Waals surface area contributed by atoms with Gasteiger partial charge in [0.1, 0.15) is 17.5 Å². The van der Waals surface area contributed by atoms with Crippen LogP contribution < -0.4 is 5.32 Å². The fourth-order valence-electron chi connectivity index (χ4n) is 4.49. The molecule has 7 heteroatoms. The summed E-state index contributed by atoms with van der Waals surface area (Å²) in [7, 11) is 2.01. The predicted molar refractivity (Wildman–Crippen MR) is 120 cm³/mol. The average Bonchev–Trinajstić information content (AvgIpc) is 3.18. The van der Waals surface area contributed by atoms with Gasteiger partial charge in [0.05, 0.1) is 11.6 Å². The van der Waals surface area contributed by atoms with E-state index in [9.17, 15) is 9.18 Å². The van der Waals surface area contributed by atoms with Crippen LogP contribution in [-0.4, -0.2) is 53.6 Å². The van der Waals surface area contributed by atoms with Crippen molar-refractivity contribution < 1.29 is 9.18 Å². The largest absolute Gasteiger partial charge is 0.342 e. The van der Waals surface area contributed by atoms with Gasteiger partial charge in [-0.15, -0.1) is 0 Å². The molecule has 1 fully saturated rings. The van der Waals surface area contributed by atoms with E-state index in [0.717, 1.165) is 36.1 Å². The SMILES string of the molecule is C/C=C1/C(C(=N)N2CCCC2=N)=CC=CC1NC(=O)c1cc2c(cc1F)CCN(C)C2. The number of nitrogens with one attached hydrogen (secondary N) is 3. The number of benzene rings is 1. The van der Waals surface area contributed by atoms with Crippen molar-refractivity contribution in [1.29, 1.82) is 10.8 Å². The smallest absolute Gasteiger partial charge is 0.254 e. The first-order valence-electron chi connectivity index (χ1n) is 10.7. The Kier molecular flexibility index (Phi) is 5.87. The van der Waals surface area contributed by atoms with Gasteiger partial charge >= 0.3 is 0 Å². The lowest BCUT2D eigenvalue weighted by atomic mass is 9.91. The molecule has 0 spiro atoms. The predicted octanol–water partition coefficient (Wildman–Crippen LogP) is 3.40. The summed E-state index contributed by atoms with van der Waals surface area (Å²) in [6.45, 7) is 4.09. The first-order valence-corrected chi connectivity index (χ1v) is 10.7. The van der Waals surface area contributed by atoms with E-state index in [0.29, 0.717) is 30.9 Å². The molecule has 1 unspecified atom stereocenters. The van der Waals surface area contributed by atoms with Crippen molar-refractivity contribution in [3.63, 3.8) is 0 Å². The summed E-state index contributed by atoms with van der Waals surface area (Å²) in [5, 5.41) is 19.6. The molecule has 0 radical (unpaired) electrons. The van der Waals surface area contributed by atoms with Crippen LogP contribution in [0.5, 0.6) is 0 Å². The molecule has 0 saturated carbocycles. The van der Waals surface area contributed by atoms with E-state index in [2.05, 4.69) is 10.2 Å². The molecule has 1 aliphatic carbocycles. The lowest BCUT2D eigenvalue weighted by molar-refractivity contribution is 0.0944. The summed E-state index contributed by atoms with van der Waals surface area (Å²) in [6.07, 6.45) is 9.66. The maximum atomic E-state index is 14.7. The lowest BCUT2D eigenvalue weighted by Gasteiger charge is -2.28. The molecule has 1 aromatic carbocycles. The molecule has 2 heterocycles. The number of hydrogen-bond donors (Lipinski definition) is 3. The van der Waals surface area contributed by atoms with Gasteiger partial charge in [-0.05, 0) is 55.6 Å². The molecule has 1 aromatic rings. The Bertz CT molecular complexity index is 1040. The third-order valence-corrected chi connectivity index (χ3v) is 6.19. The van der Waals surface area contributed by atoms with Crippen molar-refractivity contribution >= 4 is 17.6 Å². The number of nitrogens with zero attached hydrogens (tertiary/aromatic N) is 2. The van der Waals surface area contributed by atoms with Crippen LogP contribution in [0.1, 0.15) is 41.3 Å². The van der Waals surface area contributed by atoms with Crippen molar-refractivity contribution in [2.75, 3.05) is 20.1 Å². The minimum absolute atomic E-state index is 0.0467. The fraction of sp³-hybridized carbons (Fsp3) is 0.375. The van der Waals surface area contributed by atoms with E-state index in [4.69, 9.17) is 10.8 Å². The van der Waals surface area contributed by atoms with Crippen molar-refractivity contribution in [1.82, 2.24) is 15.1 Å². The zero-order valence-corrected chi connectivity index (χ0v) is 18.0. The normalized spacial score (nSPS) is 22.5. The molecule has 1 atom stereocenters. The van der Waals surface area contributed by atoms with Crippen molar-refractivity contribution in [2.24, 2.45) is 0 Å². The second-order valence-electron chi connectivity index (χ2n) is 8.30. The third-order valence-electron chi connectivity index (χ3n) is 6.19. The number of halogens is 1. The summed E-state index contributed by atoms with van der Waals surface area (Å²) < 4.78 is 14.7. The van der Waals surface area contributed by atoms with Gasteiger partial charge < -0.3 is 15.1 Å². The molecule has 31 heavy (non-hydrogen) atoms. The van der Waals surface area contributed by atoms with Crippen LogP contribution in [0.4, 0.5) is 4.39 Å². The Morgan fingerprint density at radius 1 is 1.26 bits per heavy atom. The highest BCUT2D eigenvalue weighted by Crippen LogP contribution is 2.26. The number of carbonyl (C=O) groups is 1. The van der Waals surface area contributed by atoms with E-state index in [-0.39, 0.29) is 11.4 Å². The van der Waals surface area contributed by atoms with Crippen LogP contribution >= 0.6 is 0 Å². The van der Waals surface area contributed by atoms with Crippen LogP contribution in [0.25, 0.3) is 0 Å². The van der Waals surface area contributed by atoms with E-state index >= 15 is 0 Å². The van der Waals surface area contributed by atoms with Crippen molar-refractivity contribution in [2.45, 2.75) is 38.8 Å². The van der Waals surface area contributed by atoms with Gasteiger partial charge in [0.15, 0.2) is 0 Å². The van der Waals surface area contributed by atoms with Crippen LogP contribution in [0.2, 0.25) is 0 Å². The number of allylic oxidation sites excluding steroid dienone is 3. The van der Waals surface area contributed by atoms with E-state index in [1.807, 2.05) is 32.2 Å². The highest BCUT2D eigenvalue weighted by molar-refractivity contribution is 6.10. The molecule has 162 valence electrons. The molecule has 1 saturated heterocycles. The standard InChI is InChI=1S/C24H28FN5O/c1-3-17-18(23(27)30-10-5-8-22(30)26)6-4-7-21(17)28-24(31)19-12-16-14-29(2)11-9-15(16)13-20(19)25/h3-4,6-7,12-13,21,26-27H,5,8-11,14H2,1-2H3,(H,28,31)/b17-3-,26-22?,27-23?. The number of likely N-dealkylation sites (N-methyl/N-ethyl adjacent to an activating group) is 1. The van der Waals surface area contributed by atoms with Crippen LogP contribution in [0.3, 0.4) is 0 Å². The maximum absolute atomic E-state index is 14.7. The highest BCUT2D eigenvalue weighted by atomic mass is 19.1. The first kappa shape index (κ1) is 21.2. The van der Waals surface area contributed by atoms with Crippen molar-refractivity contribution in [3.05, 3.63) is 70.1 Å². The van der Waals surface area contributed by atoms with E-state index in [1.54, 1.807) is 17.0 Å². The molecule has 4 rings (SSSR count). The summed E-state index contributed by atoms with van der Waals surface area (Å²) in [5.41, 5.74) is 3.45. The molecule has 0 aromatic heterocycles. The Morgan fingerprint density at radius 2 is 2.06 bits per heavy atom. The van der Waals surface area contributed by atoms with Gasteiger partial charge in [0, 0.05) is 31.6 Å². The summed E-state index contributed by atoms with van der Waals surface area (Å²) in [4.78, 5) is 16.9. The van der Waals surface area contributed by atoms with Gasteiger partial charge in [-0.25, -0.2) is 4.39 Å². The number of fused-ring (bicyclic) bond motifs is 1. The first-order chi connectivity index (χ1) is 14.9. The quantitative estimate of drug-likeness (QED) is 0.517. The number of amidine groups is 2.